The summed E-state index contributed by atoms with van der Waals surface area (Å²) < 4.78 is 14.7. The molecular formula is C22H26FN3. The van der Waals surface area contributed by atoms with Gasteiger partial charge in [0, 0.05) is 49.9 Å². The van der Waals surface area contributed by atoms with Crippen molar-refractivity contribution < 1.29 is 4.39 Å². The van der Waals surface area contributed by atoms with Gasteiger partial charge in [-0.15, -0.1) is 0 Å². The molecule has 0 aromatic heterocycles. The average molecular weight is 351 g/mol. The average Bonchev–Trinajstić information content (AvgIpc) is 2.58. The molecule has 1 aliphatic heterocycles. The third kappa shape index (κ3) is 3.36. The van der Waals surface area contributed by atoms with E-state index in [2.05, 4.69) is 36.7 Å². The predicted octanol–water partition coefficient (Wildman–Crippen LogP) is 5.27. The highest BCUT2D eigenvalue weighted by Gasteiger charge is 2.29. The van der Waals surface area contributed by atoms with Gasteiger partial charge in [0.25, 0.3) is 0 Å². The molecule has 0 fully saturated rings. The van der Waals surface area contributed by atoms with Gasteiger partial charge < -0.3 is 9.80 Å². The molecule has 0 bridgehead atoms. The zero-order valence-electron chi connectivity index (χ0n) is 16.3. The smallest absolute Gasteiger partial charge is 0.134 e. The van der Waals surface area contributed by atoms with Crippen LogP contribution in [0.4, 0.5) is 21.5 Å². The summed E-state index contributed by atoms with van der Waals surface area (Å²) in [5, 5.41) is 0. The van der Waals surface area contributed by atoms with Crippen LogP contribution in [0.1, 0.15) is 31.9 Å². The maximum Gasteiger partial charge on any atom is 0.134 e. The van der Waals surface area contributed by atoms with Gasteiger partial charge in [-0.25, -0.2) is 4.39 Å². The van der Waals surface area contributed by atoms with Gasteiger partial charge in [0.15, 0.2) is 0 Å². The summed E-state index contributed by atoms with van der Waals surface area (Å²) in [6.45, 7) is 6.33. The van der Waals surface area contributed by atoms with Crippen LogP contribution in [0, 0.1) is 5.82 Å². The summed E-state index contributed by atoms with van der Waals surface area (Å²) in [6, 6.07) is 11.4. The fourth-order valence-corrected chi connectivity index (χ4v) is 3.27. The lowest BCUT2D eigenvalue weighted by Crippen LogP contribution is -2.42. The van der Waals surface area contributed by atoms with Crippen LogP contribution in [0.25, 0.3) is 5.57 Å². The van der Waals surface area contributed by atoms with Crippen molar-refractivity contribution in [2.75, 3.05) is 30.9 Å². The number of halogens is 1. The maximum atomic E-state index is 14.7. The molecule has 136 valence electrons. The molecule has 0 amide bonds. The largest absolute Gasteiger partial charge is 0.378 e. The molecule has 0 atom stereocenters. The van der Waals surface area contributed by atoms with Crippen LogP contribution in [0.5, 0.6) is 0 Å². The molecule has 0 radical (unpaired) electrons. The highest BCUT2D eigenvalue weighted by atomic mass is 19.1. The standard InChI is InChI=1S/C22H26FN3/c1-15-13-22(2,3)26(6)21-12-20(23)16(11-19(15)21)14-24-17-7-9-18(10-8-17)25(4)5/h7-14H,1-6H3. The van der Waals surface area contributed by atoms with Crippen LogP contribution in [0.3, 0.4) is 0 Å². The molecule has 0 saturated carbocycles. The van der Waals surface area contributed by atoms with Crippen molar-refractivity contribution >= 4 is 28.8 Å². The number of benzene rings is 2. The zero-order valence-corrected chi connectivity index (χ0v) is 16.3. The molecule has 0 unspecified atom stereocenters. The number of likely N-dealkylation sites (N-methyl/N-ethyl adjacent to an activating group) is 1. The van der Waals surface area contributed by atoms with Crippen molar-refractivity contribution in [2.24, 2.45) is 4.99 Å². The second kappa shape index (κ2) is 6.60. The number of allylic oxidation sites excluding steroid dienone is 1. The Bertz CT molecular complexity index is 877. The Balaban J connectivity index is 1.94. The summed E-state index contributed by atoms with van der Waals surface area (Å²) in [6.07, 6.45) is 3.82. The topological polar surface area (TPSA) is 18.8 Å². The van der Waals surface area contributed by atoms with Gasteiger partial charge in [-0.2, -0.15) is 0 Å². The third-order valence-electron chi connectivity index (χ3n) is 5.05. The van der Waals surface area contributed by atoms with Crippen molar-refractivity contribution in [3.05, 3.63) is 59.4 Å². The van der Waals surface area contributed by atoms with Gasteiger partial charge in [0.2, 0.25) is 0 Å². The first-order chi connectivity index (χ1) is 12.2. The lowest BCUT2D eigenvalue weighted by molar-refractivity contribution is 0.589. The first kappa shape index (κ1) is 18.2. The van der Waals surface area contributed by atoms with Crippen molar-refractivity contribution in [3.8, 4) is 0 Å². The van der Waals surface area contributed by atoms with Crippen LogP contribution >= 0.6 is 0 Å². The van der Waals surface area contributed by atoms with E-state index in [1.54, 1.807) is 12.3 Å². The van der Waals surface area contributed by atoms with Gasteiger partial charge in [-0.1, -0.05) is 6.08 Å². The summed E-state index contributed by atoms with van der Waals surface area (Å²) in [7, 11) is 5.99. The Labute approximate surface area is 155 Å². The van der Waals surface area contributed by atoms with Crippen LogP contribution in [0.2, 0.25) is 0 Å². The van der Waals surface area contributed by atoms with Crippen molar-refractivity contribution in [3.63, 3.8) is 0 Å². The highest BCUT2D eigenvalue weighted by Crippen LogP contribution is 2.38. The van der Waals surface area contributed by atoms with Crippen LogP contribution in [0.15, 0.2) is 47.5 Å². The van der Waals surface area contributed by atoms with E-state index in [1.807, 2.05) is 56.4 Å². The summed E-state index contributed by atoms with van der Waals surface area (Å²) >= 11 is 0. The van der Waals surface area contributed by atoms with Crippen LogP contribution in [-0.4, -0.2) is 32.9 Å². The monoisotopic (exact) mass is 351 g/mol. The van der Waals surface area contributed by atoms with Crippen molar-refractivity contribution in [1.29, 1.82) is 0 Å². The van der Waals surface area contributed by atoms with Gasteiger partial charge in [0.05, 0.1) is 11.2 Å². The number of rotatable bonds is 3. The molecule has 2 aromatic rings. The second-order valence-corrected chi connectivity index (χ2v) is 7.60. The van der Waals surface area contributed by atoms with E-state index in [1.165, 1.54) is 0 Å². The quantitative estimate of drug-likeness (QED) is 0.701. The van der Waals surface area contributed by atoms with Gasteiger partial charge in [0.1, 0.15) is 5.82 Å². The summed E-state index contributed by atoms with van der Waals surface area (Å²) in [4.78, 5) is 8.58. The van der Waals surface area contributed by atoms with Crippen LogP contribution < -0.4 is 9.80 Å². The Kier molecular flexibility index (Phi) is 4.61. The van der Waals surface area contributed by atoms with Crippen LogP contribution in [-0.2, 0) is 0 Å². The van der Waals surface area contributed by atoms with E-state index < -0.39 is 0 Å². The van der Waals surface area contributed by atoms with E-state index >= 15 is 0 Å². The van der Waals surface area contributed by atoms with Gasteiger partial charge in [-0.05, 0) is 62.7 Å². The molecule has 0 N–H and O–H groups in total. The zero-order chi connectivity index (χ0) is 19.1. The molecule has 3 rings (SSSR count). The minimum atomic E-state index is -0.255. The number of fused-ring (bicyclic) bond motifs is 1. The van der Waals surface area contributed by atoms with Gasteiger partial charge in [-0.3, -0.25) is 4.99 Å². The first-order valence-electron chi connectivity index (χ1n) is 8.78. The minimum absolute atomic E-state index is 0.132. The summed E-state index contributed by atoms with van der Waals surface area (Å²) in [5.74, 6) is -0.255. The molecule has 3 nitrogen and oxygen atoms in total. The van der Waals surface area contributed by atoms with Crippen molar-refractivity contribution in [1.82, 2.24) is 0 Å². The Morgan fingerprint density at radius 3 is 2.38 bits per heavy atom. The minimum Gasteiger partial charge on any atom is -0.378 e. The van der Waals surface area contributed by atoms with E-state index in [0.717, 1.165) is 28.2 Å². The third-order valence-corrected chi connectivity index (χ3v) is 5.05. The number of anilines is 2. The fourth-order valence-electron chi connectivity index (χ4n) is 3.27. The van der Waals surface area contributed by atoms with E-state index in [-0.39, 0.29) is 11.4 Å². The Morgan fingerprint density at radius 1 is 1.12 bits per heavy atom. The molecule has 26 heavy (non-hydrogen) atoms. The van der Waals surface area contributed by atoms with Gasteiger partial charge >= 0.3 is 0 Å². The Morgan fingerprint density at radius 2 is 1.77 bits per heavy atom. The maximum absolute atomic E-state index is 14.7. The number of hydrogen-bond donors (Lipinski definition) is 0. The normalized spacial score (nSPS) is 15.8. The molecule has 0 spiro atoms. The first-order valence-corrected chi connectivity index (χ1v) is 8.78. The molecule has 1 heterocycles. The lowest BCUT2D eigenvalue weighted by Gasteiger charge is -2.40. The number of nitrogens with zero attached hydrogens (tertiary/aromatic N) is 3. The van der Waals surface area contributed by atoms with E-state index in [9.17, 15) is 4.39 Å². The fraction of sp³-hybridized carbons (Fsp3) is 0.318. The number of aliphatic imine (C=N–C) groups is 1. The molecular weight excluding hydrogens is 325 g/mol. The second-order valence-electron chi connectivity index (χ2n) is 7.60. The Hall–Kier alpha value is -2.62. The molecule has 2 aromatic carbocycles. The van der Waals surface area contributed by atoms with E-state index in [0.29, 0.717) is 5.56 Å². The predicted molar refractivity (Wildman–Crippen MR) is 111 cm³/mol. The molecule has 1 aliphatic rings. The lowest BCUT2D eigenvalue weighted by atomic mass is 9.88. The van der Waals surface area contributed by atoms with Crippen molar-refractivity contribution in [2.45, 2.75) is 26.3 Å². The van der Waals surface area contributed by atoms with E-state index in [4.69, 9.17) is 0 Å². The molecule has 0 aliphatic carbocycles. The number of hydrogen-bond acceptors (Lipinski definition) is 3. The highest BCUT2D eigenvalue weighted by molar-refractivity contribution is 5.89. The molecule has 0 saturated heterocycles. The summed E-state index contributed by atoms with van der Waals surface area (Å²) in [5.41, 5.74) is 5.41. The SMILES string of the molecule is CC1=CC(C)(C)N(C)c2cc(F)c(C=Nc3ccc(N(C)C)cc3)cc21. The molecule has 4 heteroatoms.